The van der Waals surface area contributed by atoms with Crippen LogP contribution in [0.15, 0.2) is 0 Å². The summed E-state index contributed by atoms with van der Waals surface area (Å²) >= 11 is 0. The first-order chi connectivity index (χ1) is 1.73. The Morgan fingerprint density at radius 1 is 0.875 bits per heavy atom. The molecular weight excluding hydrogens is 179 g/mol. The van der Waals surface area contributed by atoms with Crippen LogP contribution in [0, 0.1) is 0 Å². The van der Waals surface area contributed by atoms with Crippen LogP contribution in [-0.4, -0.2) is 14.7 Å². The summed E-state index contributed by atoms with van der Waals surface area (Å²) in [6, 6.07) is 0. The molecule has 0 atom stereocenters. The maximum absolute atomic E-state index is 7.23. The second kappa shape index (κ2) is 22.4. The molecule has 0 aromatic heterocycles. The van der Waals surface area contributed by atoms with Crippen LogP contribution < -0.4 is 88.7 Å². The molecule has 8 heteroatoms. The summed E-state index contributed by atoms with van der Waals surface area (Å²) < 4.78 is 0. The van der Waals surface area contributed by atoms with Crippen LogP contribution in [-0.2, 0) is 0 Å². The molecule has 0 aliphatic heterocycles. The Labute approximate surface area is 122 Å². The van der Waals surface area contributed by atoms with Gasteiger partial charge in [-0.3, -0.25) is 0 Å². The minimum absolute atomic E-state index is 0. The molecule has 0 fully saturated rings. The fourth-order valence-corrected chi connectivity index (χ4v) is 0. The van der Waals surface area contributed by atoms with Crippen molar-refractivity contribution in [2.45, 2.75) is 0 Å². The first-order valence-electron chi connectivity index (χ1n) is 0.600. The first kappa shape index (κ1) is 29.8. The maximum atomic E-state index is 7.23. The molecule has 0 saturated heterocycles. The quantitative estimate of drug-likeness (QED) is 0.260. The van der Waals surface area contributed by atoms with Crippen LogP contribution in [0.2, 0.25) is 0 Å². The van der Waals surface area contributed by atoms with Crippen LogP contribution in [0.3, 0.4) is 0 Å². The zero-order chi connectivity index (χ0) is 3.58. The SMILES string of the molecule is OP(O)O.[H-].[H-].[Na+].[Na+].[Na+].[PH2-]. The summed E-state index contributed by atoms with van der Waals surface area (Å²) in [5, 5.41) is 0. The van der Waals surface area contributed by atoms with E-state index in [0.29, 0.717) is 0 Å². The van der Waals surface area contributed by atoms with E-state index in [4.69, 9.17) is 14.7 Å². The third-order valence-electron chi connectivity index (χ3n) is 0. The fourth-order valence-electron chi connectivity index (χ4n) is 0. The Bertz CT molecular complexity index is 24.5. The topological polar surface area (TPSA) is 60.7 Å². The van der Waals surface area contributed by atoms with Crippen LogP contribution in [0.1, 0.15) is 2.85 Å². The van der Waals surface area contributed by atoms with Crippen molar-refractivity contribution in [3.8, 4) is 0 Å². The van der Waals surface area contributed by atoms with Crippen molar-refractivity contribution in [3.05, 3.63) is 0 Å². The van der Waals surface area contributed by atoms with Crippen molar-refractivity contribution in [1.82, 2.24) is 0 Å². The largest absolute Gasteiger partial charge is 1.00 e. The van der Waals surface area contributed by atoms with Crippen molar-refractivity contribution < 1.29 is 106 Å². The van der Waals surface area contributed by atoms with Crippen molar-refractivity contribution in [3.63, 3.8) is 0 Å². The molecule has 0 heterocycles. The van der Waals surface area contributed by atoms with Gasteiger partial charge in [-0.2, -0.15) is 0 Å². The molecule has 0 amide bonds. The van der Waals surface area contributed by atoms with E-state index >= 15 is 0 Å². The standard InChI is InChI=1S/3Na.H3O3P.H2P.2H/c;;;1-4(2)3;;;/h;;;1-3H;1H2;;/q3*+1;;3*-1. The zero-order valence-electron chi connectivity index (χ0n) is 7.37. The molecule has 3 nitrogen and oxygen atoms in total. The Kier molecular flexibility index (Phi) is 83.6. The molecule has 0 rings (SSSR count). The number of rotatable bonds is 0. The van der Waals surface area contributed by atoms with E-state index in [1.165, 1.54) is 0 Å². The van der Waals surface area contributed by atoms with Crippen molar-refractivity contribution in [1.29, 1.82) is 0 Å². The van der Waals surface area contributed by atoms with Crippen molar-refractivity contribution >= 4 is 18.5 Å². The monoisotopic (exact) mass is 186 g/mol. The molecule has 0 aliphatic rings. The Morgan fingerprint density at radius 3 is 0.875 bits per heavy atom. The average molecular weight is 186 g/mol. The van der Waals surface area contributed by atoms with Gasteiger partial charge in [0.2, 0.25) is 0 Å². The van der Waals surface area contributed by atoms with E-state index in [1.54, 1.807) is 0 Å². The normalized spacial score (nSPS) is 4.50. The first-order valence-corrected chi connectivity index (χ1v) is 1.80. The molecule has 0 aromatic carbocycles. The van der Waals surface area contributed by atoms with E-state index in [1.807, 2.05) is 0 Å². The Balaban J connectivity index is -0.00000000300. The van der Waals surface area contributed by atoms with Crippen LogP contribution in [0.4, 0.5) is 0 Å². The van der Waals surface area contributed by atoms with Crippen LogP contribution in [0.25, 0.3) is 0 Å². The van der Waals surface area contributed by atoms with Gasteiger partial charge >= 0.3 is 97.3 Å². The predicted octanol–water partition coefficient (Wildman–Crippen LogP) is -9.25. The molecule has 38 valence electrons. The third-order valence-corrected chi connectivity index (χ3v) is 0. The Hall–Kier alpha value is 3.74. The third kappa shape index (κ3) is 53.2. The maximum Gasteiger partial charge on any atom is 1.00 e. The molecular formula is H7Na3O3P2. The van der Waals surface area contributed by atoms with Crippen LogP contribution in [0.5, 0.6) is 0 Å². The van der Waals surface area contributed by atoms with Crippen LogP contribution >= 0.6 is 18.5 Å². The number of hydrogen-bond donors (Lipinski definition) is 3. The minimum atomic E-state index is -2.62. The molecule has 0 aromatic rings. The summed E-state index contributed by atoms with van der Waals surface area (Å²) in [7, 11) is -2.62. The minimum Gasteiger partial charge on any atom is -1.00 e. The summed E-state index contributed by atoms with van der Waals surface area (Å²) in [4.78, 5) is 21.7. The second-order valence-corrected chi connectivity index (χ2v) is 0.805. The smallest absolute Gasteiger partial charge is 1.00 e. The summed E-state index contributed by atoms with van der Waals surface area (Å²) in [6.07, 6.45) is 0. The van der Waals surface area contributed by atoms with E-state index in [-0.39, 0.29) is 101 Å². The Morgan fingerprint density at radius 2 is 0.875 bits per heavy atom. The molecule has 0 saturated carbocycles. The van der Waals surface area contributed by atoms with Gasteiger partial charge in [-0.05, 0) is 0 Å². The molecule has 8 heavy (non-hydrogen) atoms. The van der Waals surface area contributed by atoms with E-state index in [9.17, 15) is 0 Å². The summed E-state index contributed by atoms with van der Waals surface area (Å²) in [5.41, 5.74) is 0. The second-order valence-electron chi connectivity index (χ2n) is 0.268. The summed E-state index contributed by atoms with van der Waals surface area (Å²) in [6.45, 7) is 0. The molecule has 0 unspecified atom stereocenters. The van der Waals surface area contributed by atoms with Gasteiger partial charge in [0.25, 0.3) is 0 Å². The van der Waals surface area contributed by atoms with Gasteiger partial charge in [0.15, 0.2) is 0 Å². The van der Waals surface area contributed by atoms with Gasteiger partial charge < -0.3 is 27.4 Å². The van der Waals surface area contributed by atoms with Gasteiger partial charge in [-0.25, -0.2) is 0 Å². The van der Waals surface area contributed by atoms with Gasteiger partial charge in [0, 0.05) is 0 Å². The molecule has 0 spiro atoms. The zero-order valence-corrected chi connectivity index (χ0v) is 13.4. The van der Waals surface area contributed by atoms with E-state index in [2.05, 4.69) is 0 Å². The average Bonchev–Trinajstić information content (AvgIpc) is 0.811. The molecule has 0 bridgehead atoms. The molecule has 3 N–H and O–H groups in total. The molecule has 0 radical (unpaired) electrons. The molecule has 0 aliphatic carbocycles. The van der Waals surface area contributed by atoms with Gasteiger partial charge in [0.05, 0.1) is 0 Å². The summed E-state index contributed by atoms with van der Waals surface area (Å²) in [5.74, 6) is 0. The van der Waals surface area contributed by atoms with Crippen molar-refractivity contribution in [2.75, 3.05) is 0 Å². The van der Waals surface area contributed by atoms with E-state index in [0.717, 1.165) is 0 Å². The fraction of sp³-hybridized carbons (Fsp3) is 0. The van der Waals surface area contributed by atoms with Crippen molar-refractivity contribution in [2.24, 2.45) is 0 Å². The predicted molar refractivity (Wildman–Crippen MR) is 25.5 cm³/mol. The van der Waals surface area contributed by atoms with Gasteiger partial charge in [-0.1, -0.05) is 0 Å². The number of hydrogen-bond acceptors (Lipinski definition) is 3. The van der Waals surface area contributed by atoms with Gasteiger partial charge in [-0.15, -0.1) is 0 Å². The van der Waals surface area contributed by atoms with Gasteiger partial charge in [0.1, 0.15) is 0 Å². The van der Waals surface area contributed by atoms with E-state index < -0.39 is 8.60 Å².